The van der Waals surface area contributed by atoms with E-state index in [1.807, 2.05) is 30.3 Å². The lowest BCUT2D eigenvalue weighted by Gasteiger charge is -2.40. The second-order valence-corrected chi connectivity index (χ2v) is 9.14. The van der Waals surface area contributed by atoms with Crippen molar-refractivity contribution >= 4 is 0 Å². The molecule has 2 aliphatic rings. The normalized spacial score (nSPS) is 22.7. The molecule has 156 valence electrons. The Labute approximate surface area is 178 Å². The number of aromatic nitrogens is 2. The molecule has 0 unspecified atom stereocenters. The molecular formula is C25H30N4O. The first kappa shape index (κ1) is 19.5. The van der Waals surface area contributed by atoms with Crippen molar-refractivity contribution in [1.29, 1.82) is 0 Å². The zero-order chi connectivity index (χ0) is 20.4. The van der Waals surface area contributed by atoms with Crippen molar-refractivity contribution in [3.8, 4) is 11.4 Å². The fourth-order valence-electron chi connectivity index (χ4n) is 5.22. The van der Waals surface area contributed by atoms with Crippen LogP contribution in [-0.2, 0) is 13.1 Å². The Hall–Kier alpha value is -2.50. The molecule has 0 N–H and O–H groups in total. The van der Waals surface area contributed by atoms with E-state index < -0.39 is 0 Å². The summed E-state index contributed by atoms with van der Waals surface area (Å²) in [6.45, 7) is 8.63. The summed E-state index contributed by atoms with van der Waals surface area (Å²) in [6.07, 6.45) is 3.88. The molecule has 0 radical (unpaired) electrons. The van der Waals surface area contributed by atoms with E-state index in [0.717, 1.165) is 37.6 Å². The van der Waals surface area contributed by atoms with Gasteiger partial charge in [0.2, 0.25) is 11.7 Å². The molecule has 3 heterocycles. The second-order valence-electron chi connectivity index (χ2n) is 9.14. The Morgan fingerprint density at radius 1 is 0.933 bits per heavy atom. The van der Waals surface area contributed by atoms with Gasteiger partial charge in [0, 0.05) is 25.2 Å². The molecule has 5 heteroatoms. The van der Waals surface area contributed by atoms with Gasteiger partial charge in [-0.25, -0.2) is 0 Å². The van der Waals surface area contributed by atoms with Crippen LogP contribution in [0.15, 0.2) is 59.1 Å². The van der Waals surface area contributed by atoms with E-state index >= 15 is 0 Å². The molecular weight excluding hydrogens is 372 g/mol. The SMILES string of the molecule is Cc1cccc(CN2CCC[C@@]3(CCN(Cc4nc(-c5ccccc5)no4)C3)C2)c1. The van der Waals surface area contributed by atoms with Crippen LogP contribution in [0.3, 0.4) is 0 Å². The highest BCUT2D eigenvalue weighted by Gasteiger charge is 2.41. The van der Waals surface area contributed by atoms with Gasteiger partial charge in [0.1, 0.15) is 0 Å². The van der Waals surface area contributed by atoms with Crippen LogP contribution in [0, 0.1) is 12.3 Å². The van der Waals surface area contributed by atoms with Crippen LogP contribution in [0.1, 0.15) is 36.3 Å². The van der Waals surface area contributed by atoms with Crippen LogP contribution in [-0.4, -0.2) is 46.1 Å². The lowest BCUT2D eigenvalue weighted by molar-refractivity contribution is 0.0853. The lowest BCUT2D eigenvalue weighted by Crippen LogP contribution is -2.44. The first-order valence-electron chi connectivity index (χ1n) is 11.1. The van der Waals surface area contributed by atoms with Crippen molar-refractivity contribution in [1.82, 2.24) is 19.9 Å². The molecule has 5 nitrogen and oxygen atoms in total. The summed E-state index contributed by atoms with van der Waals surface area (Å²) in [5.41, 5.74) is 4.19. The van der Waals surface area contributed by atoms with Crippen molar-refractivity contribution in [2.24, 2.45) is 5.41 Å². The highest BCUT2D eigenvalue weighted by Crippen LogP contribution is 2.39. The summed E-state index contributed by atoms with van der Waals surface area (Å²) in [4.78, 5) is 9.78. The molecule has 2 saturated heterocycles. The summed E-state index contributed by atoms with van der Waals surface area (Å²) in [5.74, 6) is 1.40. The van der Waals surface area contributed by atoms with Gasteiger partial charge in [-0.2, -0.15) is 4.98 Å². The van der Waals surface area contributed by atoms with Gasteiger partial charge in [-0.1, -0.05) is 65.3 Å². The summed E-state index contributed by atoms with van der Waals surface area (Å²) >= 11 is 0. The molecule has 1 atom stereocenters. The fourth-order valence-corrected chi connectivity index (χ4v) is 5.22. The van der Waals surface area contributed by atoms with E-state index in [9.17, 15) is 0 Å². The minimum atomic E-state index is 0.407. The maximum atomic E-state index is 5.55. The third-order valence-corrected chi connectivity index (χ3v) is 6.61. The number of piperidine rings is 1. The average Bonchev–Trinajstić information content (AvgIpc) is 3.36. The molecule has 0 aliphatic carbocycles. The standard InChI is InChI=1S/C25H30N4O/c1-20-7-5-8-21(15-20)16-28-13-6-11-25(18-28)12-14-29(19-25)17-23-26-24(27-30-23)22-9-3-2-4-10-22/h2-5,7-10,15H,6,11-14,16-19H2,1H3/t25-/m1/s1. The van der Waals surface area contributed by atoms with Crippen molar-refractivity contribution in [2.75, 3.05) is 26.2 Å². The highest BCUT2D eigenvalue weighted by molar-refractivity contribution is 5.53. The maximum absolute atomic E-state index is 5.55. The maximum Gasteiger partial charge on any atom is 0.241 e. The lowest BCUT2D eigenvalue weighted by atomic mass is 9.79. The Kier molecular flexibility index (Phi) is 5.40. The summed E-state index contributed by atoms with van der Waals surface area (Å²) in [7, 11) is 0. The van der Waals surface area contributed by atoms with E-state index in [1.54, 1.807) is 0 Å². The quantitative estimate of drug-likeness (QED) is 0.627. The van der Waals surface area contributed by atoms with Gasteiger partial charge in [0.15, 0.2) is 0 Å². The minimum absolute atomic E-state index is 0.407. The minimum Gasteiger partial charge on any atom is -0.338 e. The number of benzene rings is 2. The molecule has 30 heavy (non-hydrogen) atoms. The Balaban J connectivity index is 1.20. The zero-order valence-electron chi connectivity index (χ0n) is 17.8. The summed E-state index contributed by atoms with van der Waals surface area (Å²) < 4.78 is 5.55. The van der Waals surface area contributed by atoms with Crippen molar-refractivity contribution < 1.29 is 4.52 Å². The van der Waals surface area contributed by atoms with Crippen LogP contribution < -0.4 is 0 Å². The molecule has 2 aliphatic heterocycles. The molecule has 3 aromatic rings. The third kappa shape index (κ3) is 4.32. The van der Waals surface area contributed by atoms with Gasteiger partial charge in [0.05, 0.1) is 6.54 Å². The largest absolute Gasteiger partial charge is 0.338 e. The fraction of sp³-hybridized carbons (Fsp3) is 0.440. The first-order chi connectivity index (χ1) is 14.7. The number of likely N-dealkylation sites (tertiary alicyclic amines) is 2. The Morgan fingerprint density at radius 3 is 2.60 bits per heavy atom. The molecule has 5 rings (SSSR count). The molecule has 0 amide bonds. The highest BCUT2D eigenvalue weighted by atomic mass is 16.5. The van der Waals surface area contributed by atoms with Gasteiger partial charge in [-0.05, 0) is 50.3 Å². The topological polar surface area (TPSA) is 45.4 Å². The number of aryl methyl sites for hydroxylation is 1. The van der Waals surface area contributed by atoms with Crippen LogP contribution in [0.2, 0.25) is 0 Å². The zero-order valence-corrected chi connectivity index (χ0v) is 17.8. The van der Waals surface area contributed by atoms with Crippen molar-refractivity contribution in [2.45, 2.75) is 39.3 Å². The van der Waals surface area contributed by atoms with E-state index in [4.69, 9.17) is 4.52 Å². The molecule has 0 bridgehead atoms. The molecule has 2 fully saturated rings. The van der Waals surface area contributed by atoms with E-state index in [-0.39, 0.29) is 0 Å². The van der Waals surface area contributed by atoms with Gasteiger partial charge in [0.25, 0.3) is 0 Å². The van der Waals surface area contributed by atoms with Crippen molar-refractivity contribution in [3.05, 3.63) is 71.6 Å². The van der Waals surface area contributed by atoms with E-state index in [1.165, 1.54) is 43.5 Å². The predicted molar refractivity (Wildman–Crippen MR) is 118 cm³/mol. The monoisotopic (exact) mass is 402 g/mol. The van der Waals surface area contributed by atoms with Gasteiger partial charge < -0.3 is 4.52 Å². The van der Waals surface area contributed by atoms with Crippen LogP contribution in [0.5, 0.6) is 0 Å². The van der Waals surface area contributed by atoms with Crippen LogP contribution in [0.4, 0.5) is 0 Å². The smallest absolute Gasteiger partial charge is 0.241 e. The summed E-state index contributed by atoms with van der Waals surface area (Å²) in [6, 6.07) is 19.0. The number of nitrogens with zero attached hydrogens (tertiary/aromatic N) is 4. The van der Waals surface area contributed by atoms with Gasteiger partial charge in [-0.15, -0.1) is 0 Å². The Morgan fingerprint density at radius 2 is 1.77 bits per heavy atom. The molecule has 2 aromatic carbocycles. The molecule has 0 saturated carbocycles. The number of rotatable bonds is 5. The van der Waals surface area contributed by atoms with Gasteiger partial charge >= 0.3 is 0 Å². The predicted octanol–water partition coefficient (Wildman–Crippen LogP) is 4.53. The van der Waals surface area contributed by atoms with E-state index in [2.05, 4.69) is 51.1 Å². The third-order valence-electron chi connectivity index (χ3n) is 6.61. The van der Waals surface area contributed by atoms with E-state index in [0.29, 0.717) is 11.2 Å². The Bertz CT molecular complexity index is 986. The first-order valence-corrected chi connectivity index (χ1v) is 11.1. The average molecular weight is 403 g/mol. The summed E-state index contributed by atoms with van der Waals surface area (Å²) in [5, 5.41) is 4.18. The molecule has 1 spiro atoms. The van der Waals surface area contributed by atoms with Crippen molar-refractivity contribution in [3.63, 3.8) is 0 Å². The van der Waals surface area contributed by atoms with Crippen LogP contribution in [0.25, 0.3) is 11.4 Å². The number of hydrogen-bond donors (Lipinski definition) is 0. The van der Waals surface area contributed by atoms with Crippen LogP contribution >= 0.6 is 0 Å². The number of hydrogen-bond acceptors (Lipinski definition) is 5. The molecule has 1 aromatic heterocycles. The van der Waals surface area contributed by atoms with Gasteiger partial charge in [-0.3, -0.25) is 9.80 Å². The second kappa shape index (κ2) is 8.32.